The molecule has 0 aromatic carbocycles. The Morgan fingerprint density at radius 2 is 0.649 bits per heavy atom. The molecule has 0 amide bonds. The number of hydrogen-bond acceptors (Lipinski definition) is 1. The number of rotatable bonds is 30. The summed E-state index contributed by atoms with van der Waals surface area (Å²) < 4.78 is 3.31. The third-order valence-electron chi connectivity index (χ3n) is 7.41. The second kappa shape index (κ2) is 38.4. The average Bonchev–Trinajstić information content (AvgIpc) is 2.89. The minimum atomic E-state index is -0.653. The summed E-state index contributed by atoms with van der Waals surface area (Å²) >= 11 is 0.0736. The third kappa shape index (κ3) is 43.6. The van der Waals surface area contributed by atoms with Crippen molar-refractivity contribution in [3.8, 4) is 0 Å². The first kappa shape index (κ1) is 39.4. The Morgan fingerprint density at radius 3 is 0.919 bits per heavy atom. The van der Waals surface area contributed by atoms with Crippen LogP contribution in [0.5, 0.6) is 0 Å². The summed E-state index contributed by atoms with van der Waals surface area (Å²) in [5.41, 5.74) is 0. The Bertz CT molecular complexity index is 385. The van der Waals surface area contributed by atoms with Crippen LogP contribution in [-0.4, -0.2) is 32.2 Å². The summed E-state index contributed by atoms with van der Waals surface area (Å²) in [4.78, 5) is 10.3. The molecule has 0 atom stereocenters. The molecule has 0 aromatic heterocycles. The zero-order valence-electron chi connectivity index (χ0n) is 26.1. The zero-order valence-corrected chi connectivity index (χ0v) is 28.9. The molecule has 0 fully saturated rings. The summed E-state index contributed by atoms with van der Waals surface area (Å²) in [5, 5.41) is 8.52. The van der Waals surface area contributed by atoms with E-state index in [2.05, 4.69) is 20.8 Å². The summed E-state index contributed by atoms with van der Waals surface area (Å²) in [6.45, 7) is 6.87. The van der Waals surface area contributed by atoms with Gasteiger partial charge in [0.1, 0.15) is 0 Å². The van der Waals surface area contributed by atoms with Gasteiger partial charge in [0.15, 0.2) is 0 Å². The Labute approximate surface area is 245 Å². The Kier molecular flexibility index (Phi) is 40.9. The number of unbranched alkanes of at least 4 members (excludes halogenated alkanes) is 24. The second-order valence-electron chi connectivity index (χ2n) is 11.4. The van der Waals surface area contributed by atoms with Crippen LogP contribution in [0, 0.1) is 0 Å². The zero-order chi connectivity index (χ0) is 27.5. The summed E-state index contributed by atoms with van der Waals surface area (Å²) in [7, 11) is 0. The maximum absolute atomic E-state index is 10.3. The SMILES string of the molecule is CCCCCCCCCCCCCCCCCC(=O)O.CCCCCCC[CH2][Sn][CH2]CCCCCCC. The van der Waals surface area contributed by atoms with Crippen molar-refractivity contribution in [2.24, 2.45) is 0 Å². The second-order valence-corrected chi connectivity index (χ2v) is 15.7. The molecule has 2 nitrogen and oxygen atoms in total. The van der Waals surface area contributed by atoms with Crippen LogP contribution in [0.3, 0.4) is 0 Å². The van der Waals surface area contributed by atoms with Gasteiger partial charge in [-0.15, -0.1) is 0 Å². The Balaban J connectivity index is 0. The van der Waals surface area contributed by atoms with Crippen LogP contribution < -0.4 is 0 Å². The van der Waals surface area contributed by atoms with Crippen molar-refractivity contribution in [1.82, 2.24) is 0 Å². The van der Waals surface area contributed by atoms with Crippen LogP contribution in [0.25, 0.3) is 0 Å². The van der Waals surface area contributed by atoms with E-state index >= 15 is 0 Å². The van der Waals surface area contributed by atoms with Crippen LogP contribution in [0.2, 0.25) is 8.87 Å². The maximum atomic E-state index is 10.3. The van der Waals surface area contributed by atoms with Crippen molar-refractivity contribution in [2.75, 3.05) is 0 Å². The molecule has 0 saturated carbocycles. The molecule has 1 N–H and O–H groups in total. The van der Waals surface area contributed by atoms with Crippen LogP contribution in [0.4, 0.5) is 0 Å². The fraction of sp³-hybridized carbons (Fsp3) is 0.971. The van der Waals surface area contributed by atoms with Gasteiger partial charge in [0.05, 0.1) is 0 Å². The van der Waals surface area contributed by atoms with Gasteiger partial charge in [-0.2, -0.15) is 0 Å². The number of hydrogen-bond donors (Lipinski definition) is 1. The van der Waals surface area contributed by atoms with E-state index in [1.165, 1.54) is 148 Å². The fourth-order valence-electron chi connectivity index (χ4n) is 4.83. The molecule has 0 saturated heterocycles. The molecule has 0 bridgehead atoms. The van der Waals surface area contributed by atoms with Gasteiger partial charge in [0.25, 0.3) is 0 Å². The molecular weight excluding hydrogens is 559 g/mol. The molecule has 3 heteroatoms. The Hall–Kier alpha value is 0.269. The van der Waals surface area contributed by atoms with E-state index < -0.39 is 5.97 Å². The van der Waals surface area contributed by atoms with E-state index in [1.54, 1.807) is 21.7 Å². The van der Waals surface area contributed by atoms with Gasteiger partial charge in [-0.05, 0) is 6.42 Å². The first-order valence-electron chi connectivity index (χ1n) is 17.1. The van der Waals surface area contributed by atoms with Crippen molar-refractivity contribution < 1.29 is 9.90 Å². The first-order valence-corrected chi connectivity index (χ1v) is 21.1. The van der Waals surface area contributed by atoms with Crippen LogP contribution in [0.1, 0.15) is 201 Å². The Morgan fingerprint density at radius 1 is 0.405 bits per heavy atom. The van der Waals surface area contributed by atoms with Gasteiger partial charge in [0, 0.05) is 6.42 Å². The number of carboxylic acids is 1. The van der Waals surface area contributed by atoms with Gasteiger partial charge in [0.2, 0.25) is 0 Å². The number of aliphatic carboxylic acids is 1. The summed E-state index contributed by atoms with van der Waals surface area (Å²) in [5.74, 6) is -0.653. The van der Waals surface area contributed by atoms with Gasteiger partial charge in [-0.3, -0.25) is 4.79 Å². The van der Waals surface area contributed by atoms with Crippen molar-refractivity contribution >= 4 is 27.1 Å². The molecule has 0 rings (SSSR count). The van der Waals surface area contributed by atoms with E-state index in [0.717, 1.165) is 12.8 Å². The van der Waals surface area contributed by atoms with Crippen LogP contribution in [0.15, 0.2) is 0 Å². The number of carboxylic acid groups (broad SMARTS) is 1. The van der Waals surface area contributed by atoms with Gasteiger partial charge in [-0.1, -0.05) is 96.8 Å². The number of carbonyl (C=O) groups is 1. The molecular formula is C34H70O2Sn. The standard InChI is InChI=1S/C18H36O2.2C8H17.Sn/c1-2-3-4-5-6-7-8-9-10-11-12-13-14-15-16-17-18(19)20;2*1-3-5-7-8-6-4-2;/h2-17H2,1H3,(H,19,20);2*1,3-8H2,2H3;. The summed E-state index contributed by atoms with van der Waals surface area (Å²) in [6, 6.07) is 0. The predicted octanol–water partition coefficient (Wildman–Crippen LogP) is 12.6. The molecule has 0 heterocycles. The minimum absolute atomic E-state index is 0.0736. The molecule has 0 aliphatic rings. The van der Waals surface area contributed by atoms with Crippen molar-refractivity contribution in [2.45, 2.75) is 209 Å². The van der Waals surface area contributed by atoms with E-state index in [4.69, 9.17) is 5.11 Å². The molecule has 222 valence electrons. The first-order chi connectivity index (χ1) is 18.2. The van der Waals surface area contributed by atoms with Crippen LogP contribution in [-0.2, 0) is 4.79 Å². The third-order valence-corrected chi connectivity index (χ3v) is 11.4. The van der Waals surface area contributed by atoms with E-state index in [1.807, 2.05) is 0 Å². The van der Waals surface area contributed by atoms with Crippen molar-refractivity contribution in [1.29, 1.82) is 0 Å². The summed E-state index contributed by atoms with van der Waals surface area (Å²) in [6.07, 6.45) is 38.0. The normalized spacial score (nSPS) is 10.9. The van der Waals surface area contributed by atoms with Gasteiger partial charge in [-0.25, -0.2) is 0 Å². The van der Waals surface area contributed by atoms with Crippen molar-refractivity contribution in [3.05, 3.63) is 0 Å². The van der Waals surface area contributed by atoms with E-state index in [0.29, 0.717) is 6.42 Å². The van der Waals surface area contributed by atoms with Crippen LogP contribution >= 0.6 is 0 Å². The molecule has 0 aromatic rings. The molecule has 0 unspecified atom stereocenters. The molecule has 0 aliphatic heterocycles. The quantitative estimate of drug-likeness (QED) is 0.0634. The topological polar surface area (TPSA) is 37.3 Å². The van der Waals surface area contributed by atoms with E-state index in [9.17, 15) is 4.79 Å². The molecule has 0 spiro atoms. The van der Waals surface area contributed by atoms with E-state index in [-0.39, 0.29) is 21.1 Å². The molecule has 2 radical (unpaired) electrons. The average molecular weight is 630 g/mol. The fourth-order valence-corrected chi connectivity index (χ4v) is 8.40. The molecule has 0 aliphatic carbocycles. The monoisotopic (exact) mass is 630 g/mol. The van der Waals surface area contributed by atoms with Crippen molar-refractivity contribution in [3.63, 3.8) is 0 Å². The van der Waals surface area contributed by atoms with Gasteiger partial charge >= 0.3 is 127 Å². The molecule has 37 heavy (non-hydrogen) atoms. The predicted molar refractivity (Wildman–Crippen MR) is 169 cm³/mol. The van der Waals surface area contributed by atoms with Gasteiger partial charge < -0.3 is 5.11 Å².